The first-order valence-electron chi connectivity index (χ1n) is 8.23. The fourth-order valence-corrected chi connectivity index (χ4v) is 2.35. The van der Waals surface area contributed by atoms with Crippen LogP contribution in [0.4, 0.5) is 0 Å². The van der Waals surface area contributed by atoms with Crippen molar-refractivity contribution in [1.82, 2.24) is 15.2 Å². The third-order valence-corrected chi connectivity index (χ3v) is 3.50. The smallest absolute Gasteiger partial charge is 0.340 e. The average Bonchev–Trinajstić information content (AvgIpc) is 2.57. The zero-order chi connectivity index (χ0) is 19.3. The Morgan fingerprint density at radius 2 is 1.85 bits per heavy atom. The number of nitrogens with one attached hydrogen (secondary N) is 1. The lowest BCUT2D eigenvalue weighted by molar-refractivity contribution is -0.137. The number of pyridine rings is 1. The molecular weight excluding hydrogens is 334 g/mol. The second kappa shape index (κ2) is 7.95. The van der Waals surface area contributed by atoms with Gasteiger partial charge < -0.3 is 15.0 Å². The molecule has 0 saturated carbocycles. The van der Waals surface area contributed by atoms with E-state index in [4.69, 9.17) is 4.74 Å². The molecule has 0 aliphatic carbocycles. The molecule has 26 heavy (non-hydrogen) atoms. The van der Waals surface area contributed by atoms with Gasteiger partial charge in [0.25, 0.3) is 5.91 Å². The predicted octanol–water partition coefficient (Wildman–Crippen LogP) is 1.76. The van der Waals surface area contributed by atoms with Crippen molar-refractivity contribution in [2.24, 2.45) is 0 Å². The second-order valence-corrected chi connectivity index (χ2v) is 7.00. The van der Waals surface area contributed by atoms with Crippen LogP contribution in [0.3, 0.4) is 0 Å². The van der Waals surface area contributed by atoms with E-state index in [-0.39, 0.29) is 18.0 Å². The van der Waals surface area contributed by atoms with E-state index in [1.54, 1.807) is 24.4 Å². The molecule has 7 nitrogen and oxygen atoms in total. The molecular formula is C19H23N3O4. The Morgan fingerprint density at radius 1 is 1.15 bits per heavy atom. The second-order valence-electron chi connectivity index (χ2n) is 7.00. The number of carbonyl (C=O) groups excluding carboxylic acids is 3. The summed E-state index contributed by atoms with van der Waals surface area (Å²) in [5.74, 6) is -1.37. The van der Waals surface area contributed by atoms with Crippen LogP contribution in [0.15, 0.2) is 36.5 Å². The summed E-state index contributed by atoms with van der Waals surface area (Å²) in [5, 5.41) is 3.58. The number of benzene rings is 1. The number of aromatic nitrogens is 1. The summed E-state index contributed by atoms with van der Waals surface area (Å²) < 4.78 is 5.10. The van der Waals surface area contributed by atoms with E-state index in [0.717, 1.165) is 5.39 Å². The molecule has 2 rings (SSSR count). The fourth-order valence-electron chi connectivity index (χ4n) is 2.35. The number of likely N-dealkylation sites (N-methyl/N-ethyl adjacent to an activating group) is 1. The van der Waals surface area contributed by atoms with Crippen LogP contribution in [0.1, 0.15) is 31.1 Å². The highest BCUT2D eigenvalue weighted by Crippen LogP contribution is 2.16. The van der Waals surface area contributed by atoms with Gasteiger partial charge in [-0.3, -0.25) is 14.6 Å². The predicted molar refractivity (Wildman–Crippen MR) is 97.6 cm³/mol. The van der Waals surface area contributed by atoms with Gasteiger partial charge in [-0.1, -0.05) is 18.2 Å². The highest BCUT2D eigenvalue weighted by molar-refractivity contribution is 6.03. The number of rotatable bonds is 5. The van der Waals surface area contributed by atoms with E-state index in [2.05, 4.69) is 10.3 Å². The summed E-state index contributed by atoms with van der Waals surface area (Å²) in [6, 6.07) is 8.78. The van der Waals surface area contributed by atoms with Gasteiger partial charge in [0.05, 0.1) is 17.6 Å². The molecule has 0 unspecified atom stereocenters. The number of esters is 1. The Balaban J connectivity index is 1.94. The Bertz CT molecular complexity index is 822. The van der Waals surface area contributed by atoms with Crippen molar-refractivity contribution in [2.75, 3.05) is 20.2 Å². The van der Waals surface area contributed by atoms with Crippen LogP contribution in [-0.2, 0) is 14.3 Å². The maximum absolute atomic E-state index is 12.3. The molecule has 0 aliphatic rings. The highest BCUT2D eigenvalue weighted by Gasteiger charge is 2.19. The summed E-state index contributed by atoms with van der Waals surface area (Å²) >= 11 is 0. The van der Waals surface area contributed by atoms with Crippen LogP contribution in [-0.4, -0.2) is 53.4 Å². The quantitative estimate of drug-likeness (QED) is 0.824. The van der Waals surface area contributed by atoms with E-state index < -0.39 is 18.5 Å². The number of nitrogens with zero attached hydrogens (tertiary/aromatic N) is 2. The van der Waals surface area contributed by atoms with Gasteiger partial charge in [-0.05, 0) is 32.9 Å². The zero-order valence-electron chi connectivity index (χ0n) is 15.4. The number of amides is 2. The minimum atomic E-state index is -0.629. The zero-order valence-corrected chi connectivity index (χ0v) is 15.4. The van der Waals surface area contributed by atoms with Crippen molar-refractivity contribution in [3.8, 4) is 0 Å². The van der Waals surface area contributed by atoms with Gasteiger partial charge in [0.15, 0.2) is 6.61 Å². The summed E-state index contributed by atoms with van der Waals surface area (Å²) in [6.45, 7) is 5.01. The maximum Gasteiger partial charge on any atom is 0.340 e. The van der Waals surface area contributed by atoms with Crippen molar-refractivity contribution in [3.05, 3.63) is 42.1 Å². The number of carbonyl (C=O) groups is 3. The third kappa shape index (κ3) is 5.27. The number of ether oxygens (including phenoxy) is 1. The number of para-hydroxylation sites is 1. The molecule has 2 aromatic rings. The molecule has 0 radical (unpaired) electrons. The van der Waals surface area contributed by atoms with Gasteiger partial charge in [0.1, 0.15) is 0 Å². The number of fused-ring (bicyclic) bond motifs is 1. The first-order chi connectivity index (χ1) is 12.2. The monoisotopic (exact) mass is 357 g/mol. The van der Waals surface area contributed by atoms with E-state index >= 15 is 0 Å². The lowest BCUT2D eigenvalue weighted by Gasteiger charge is -2.23. The lowest BCUT2D eigenvalue weighted by atomic mass is 10.1. The van der Waals surface area contributed by atoms with Gasteiger partial charge in [-0.15, -0.1) is 0 Å². The normalized spacial score (nSPS) is 11.1. The Kier molecular flexibility index (Phi) is 5.92. The van der Waals surface area contributed by atoms with Crippen molar-refractivity contribution in [2.45, 2.75) is 26.3 Å². The first kappa shape index (κ1) is 19.4. The molecule has 1 heterocycles. The van der Waals surface area contributed by atoms with Crippen molar-refractivity contribution in [1.29, 1.82) is 0 Å². The van der Waals surface area contributed by atoms with Crippen LogP contribution in [0.2, 0.25) is 0 Å². The fraction of sp³-hybridized carbons (Fsp3) is 0.368. The van der Waals surface area contributed by atoms with Crippen molar-refractivity contribution in [3.63, 3.8) is 0 Å². The molecule has 0 saturated heterocycles. The van der Waals surface area contributed by atoms with E-state index in [0.29, 0.717) is 11.1 Å². The first-order valence-corrected chi connectivity index (χ1v) is 8.23. The van der Waals surface area contributed by atoms with Crippen LogP contribution >= 0.6 is 0 Å². The van der Waals surface area contributed by atoms with Gasteiger partial charge in [0.2, 0.25) is 5.91 Å². The largest absolute Gasteiger partial charge is 0.452 e. The summed E-state index contributed by atoms with van der Waals surface area (Å²) in [4.78, 5) is 41.6. The SMILES string of the molecule is CN(CC(=O)NC(C)(C)C)C(=O)COC(=O)c1cccc2cccnc12. The van der Waals surface area contributed by atoms with Gasteiger partial charge in [0, 0.05) is 24.2 Å². The Labute approximate surface area is 152 Å². The van der Waals surface area contributed by atoms with Crippen molar-refractivity contribution < 1.29 is 19.1 Å². The molecule has 1 aromatic carbocycles. The van der Waals surface area contributed by atoms with E-state index in [1.807, 2.05) is 32.9 Å². The molecule has 0 spiro atoms. The standard InChI is InChI=1S/C19H23N3O4/c1-19(2,3)21-15(23)11-22(4)16(24)12-26-18(25)14-9-5-7-13-8-6-10-20-17(13)14/h5-10H,11-12H2,1-4H3,(H,21,23). The molecule has 1 N–H and O–H groups in total. The van der Waals surface area contributed by atoms with Gasteiger partial charge in [-0.25, -0.2) is 4.79 Å². The molecule has 0 aliphatic heterocycles. The maximum atomic E-state index is 12.3. The van der Waals surface area contributed by atoms with Crippen LogP contribution in [0, 0.1) is 0 Å². The molecule has 0 atom stereocenters. The molecule has 0 fully saturated rings. The molecule has 138 valence electrons. The number of hydrogen-bond donors (Lipinski definition) is 1. The minimum absolute atomic E-state index is 0.108. The molecule has 1 aromatic heterocycles. The molecule has 0 bridgehead atoms. The van der Waals surface area contributed by atoms with Crippen LogP contribution < -0.4 is 5.32 Å². The highest BCUT2D eigenvalue weighted by atomic mass is 16.5. The minimum Gasteiger partial charge on any atom is -0.452 e. The topological polar surface area (TPSA) is 88.6 Å². The van der Waals surface area contributed by atoms with Crippen LogP contribution in [0.5, 0.6) is 0 Å². The third-order valence-electron chi connectivity index (χ3n) is 3.50. The summed E-state index contributed by atoms with van der Waals surface area (Å²) in [7, 11) is 1.48. The van der Waals surface area contributed by atoms with E-state index in [1.165, 1.54) is 11.9 Å². The average molecular weight is 357 g/mol. The Morgan fingerprint density at radius 3 is 2.54 bits per heavy atom. The van der Waals surface area contributed by atoms with E-state index in [9.17, 15) is 14.4 Å². The molecule has 7 heteroatoms. The summed E-state index contributed by atoms with van der Waals surface area (Å²) in [5.41, 5.74) is 0.434. The lowest BCUT2D eigenvalue weighted by Crippen LogP contribution is -2.46. The number of hydrogen-bond acceptors (Lipinski definition) is 5. The van der Waals surface area contributed by atoms with Gasteiger partial charge >= 0.3 is 5.97 Å². The van der Waals surface area contributed by atoms with Gasteiger partial charge in [-0.2, -0.15) is 0 Å². The van der Waals surface area contributed by atoms with Crippen molar-refractivity contribution >= 4 is 28.7 Å². The molecule has 2 amide bonds. The van der Waals surface area contributed by atoms with Crippen LogP contribution in [0.25, 0.3) is 10.9 Å². The summed E-state index contributed by atoms with van der Waals surface area (Å²) in [6.07, 6.45) is 1.59. The Hall–Kier alpha value is -2.96.